The van der Waals surface area contributed by atoms with Gasteiger partial charge in [0.05, 0.1) is 25.9 Å². The topological polar surface area (TPSA) is 50.8 Å². The van der Waals surface area contributed by atoms with Crippen LogP contribution in [0.15, 0.2) is 0 Å². The fraction of sp³-hybridized carbons (Fsp3) is 0.917. The number of nitrogens with one attached hydrogen (secondary N) is 1. The van der Waals surface area contributed by atoms with E-state index < -0.39 is 0 Å². The molecule has 100 valence electrons. The Morgan fingerprint density at radius 2 is 2.12 bits per heavy atom. The van der Waals surface area contributed by atoms with Crippen LogP contribution < -0.4 is 5.32 Å². The second kappa shape index (κ2) is 7.63. The summed E-state index contributed by atoms with van der Waals surface area (Å²) in [6, 6.07) is 0.0770. The number of rotatable bonds is 6. The Kier molecular flexibility index (Phi) is 6.47. The summed E-state index contributed by atoms with van der Waals surface area (Å²) < 4.78 is 10.3. The average molecular weight is 244 g/mol. The number of hydrogen-bond acceptors (Lipinski definition) is 4. The van der Waals surface area contributed by atoms with E-state index >= 15 is 0 Å². The van der Waals surface area contributed by atoms with Crippen LogP contribution in [0.3, 0.4) is 0 Å². The molecule has 2 unspecified atom stereocenters. The number of amides is 1. The molecule has 2 atom stereocenters. The molecule has 1 N–H and O–H groups in total. The van der Waals surface area contributed by atoms with Gasteiger partial charge in [0.15, 0.2) is 0 Å². The normalized spacial score (nSPS) is 20.1. The molecule has 0 bridgehead atoms. The number of ether oxygens (including phenoxy) is 2. The molecule has 0 aliphatic carbocycles. The lowest BCUT2D eigenvalue weighted by Crippen LogP contribution is -2.52. The molecule has 0 saturated carbocycles. The third-order valence-electron chi connectivity index (χ3n) is 3.04. The van der Waals surface area contributed by atoms with E-state index in [-0.39, 0.29) is 18.0 Å². The van der Waals surface area contributed by atoms with Gasteiger partial charge in [-0.2, -0.15) is 0 Å². The molecule has 5 nitrogen and oxygen atoms in total. The average Bonchev–Trinajstić information content (AvgIpc) is 2.38. The molecule has 0 aromatic rings. The number of nitrogens with zero attached hydrogens (tertiary/aromatic N) is 1. The van der Waals surface area contributed by atoms with Gasteiger partial charge >= 0.3 is 0 Å². The van der Waals surface area contributed by atoms with Gasteiger partial charge in [0.25, 0.3) is 0 Å². The molecule has 0 radical (unpaired) electrons. The Labute approximate surface area is 103 Å². The van der Waals surface area contributed by atoms with Crippen molar-refractivity contribution in [2.45, 2.75) is 32.4 Å². The zero-order valence-electron chi connectivity index (χ0n) is 11.1. The Morgan fingerprint density at radius 3 is 2.65 bits per heavy atom. The van der Waals surface area contributed by atoms with Crippen LogP contribution in [0.1, 0.15) is 20.3 Å². The first-order valence-electron chi connectivity index (χ1n) is 6.30. The van der Waals surface area contributed by atoms with Gasteiger partial charge in [0, 0.05) is 26.2 Å². The molecule has 0 aromatic carbocycles. The summed E-state index contributed by atoms with van der Waals surface area (Å²) in [5.41, 5.74) is 0. The van der Waals surface area contributed by atoms with Gasteiger partial charge in [0.1, 0.15) is 0 Å². The van der Waals surface area contributed by atoms with Crippen LogP contribution in [0.4, 0.5) is 0 Å². The number of carbonyl (C=O) groups is 1. The minimum atomic E-state index is -0.159. The van der Waals surface area contributed by atoms with Crippen molar-refractivity contribution in [3.05, 3.63) is 0 Å². The van der Waals surface area contributed by atoms with E-state index in [1.54, 1.807) is 7.11 Å². The SMILES string of the molecule is CCC(COC)NC(C)C(=O)N1CCOCC1. The van der Waals surface area contributed by atoms with Gasteiger partial charge in [-0.05, 0) is 13.3 Å². The molecule has 1 aliphatic rings. The van der Waals surface area contributed by atoms with E-state index in [4.69, 9.17) is 9.47 Å². The predicted octanol–water partition coefficient (Wildman–Crippen LogP) is 0.248. The van der Waals surface area contributed by atoms with Crippen LogP contribution >= 0.6 is 0 Å². The minimum absolute atomic E-state index is 0.155. The maximum atomic E-state index is 12.1. The van der Waals surface area contributed by atoms with Crippen LogP contribution in [-0.4, -0.2) is 62.9 Å². The van der Waals surface area contributed by atoms with E-state index in [2.05, 4.69) is 12.2 Å². The van der Waals surface area contributed by atoms with Crippen molar-refractivity contribution in [3.8, 4) is 0 Å². The molecule has 0 aromatic heterocycles. The summed E-state index contributed by atoms with van der Waals surface area (Å²) in [6.07, 6.45) is 0.953. The zero-order valence-corrected chi connectivity index (χ0v) is 11.1. The third-order valence-corrected chi connectivity index (χ3v) is 3.04. The van der Waals surface area contributed by atoms with Crippen LogP contribution in [0.2, 0.25) is 0 Å². The maximum Gasteiger partial charge on any atom is 0.239 e. The van der Waals surface area contributed by atoms with Crippen molar-refractivity contribution in [1.29, 1.82) is 0 Å². The number of methoxy groups -OCH3 is 1. The monoisotopic (exact) mass is 244 g/mol. The Morgan fingerprint density at radius 1 is 1.47 bits per heavy atom. The molecule has 1 amide bonds. The summed E-state index contributed by atoms with van der Waals surface area (Å²) in [5, 5.41) is 3.31. The number of hydrogen-bond donors (Lipinski definition) is 1. The van der Waals surface area contributed by atoms with Gasteiger partial charge in [-0.15, -0.1) is 0 Å². The fourth-order valence-electron chi connectivity index (χ4n) is 1.97. The first-order valence-corrected chi connectivity index (χ1v) is 6.30. The van der Waals surface area contributed by atoms with Gasteiger partial charge < -0.3 is 19.7 Å². The van der Waals surface area contributed by atoms with Gasteiger partial charge in [-0.25, -0.2) is 0 Å². The number of carbonyl (C=O) groups excluding carboxylic acids is 1. The lowest BCUT2D eigenvalue weighted by atomic mass is 10.2. The van der Waals surface area contributed by atoms with Crippen molar-refractivity contribution < 1.29 is 14.3 Å². The summed E-state index contributed by atoms with van der Waals surface area (Å²) in [4.78, 5) is 14.0. The van der Waals surface area contributed by atoms with E-state index in [0.717, 1.165) is 6.42 Å². The van der Waals surface area contributed by atoms with Crippen LogP contribution in [0.5, 0.6) is 0 Å². The quantitative estimate of drug-likeness (QED) is 0.727. The van der Waals surface area contributed by atoms with Crippen molar-refractivity contribution in [2.24, 2.45) is 0 Å². The molecular weight excluding hydrogens is 220 g/mol. The molecule has 17 heavy (non-hydrogen) atoms. The molecule has 1 heterocycles. The van der Waals surface area contributed by atoms with Crippen molar-refractivity contribution in [2.75, 3.05) is 40.0 Å². The highest BCUT2D eigenvalue weighted by molar-refractivity contribution is 5.81. The zero-order chi connectivity index (χ0) is 12.7. The van der Waals surface area contributed by atoms with Crippen molar-refractivity contribution in [3.63, 3.8) is 0 Å². The molecule has 1 aliphatic heterocycles. The highest BCUT2D eigenvalue weighted by Crippen LogP contribution is 2.02. The van der Waals surface area contributed by atoms with E-state index in [1.807, 2.05) is 11.8 Å². The largest absolute Gasteiger partial charge is 0.383 e. The molecule has 1 fully saturated rings. The molecule has 1 rings (SSSR count). The first-order chi connectivity index (χ1) is 8.19. The van der Waals surface area contributed by atoms with Crippen molar-refractivity contribution >= 4 is 5.91 Å². The third kappa shape index (κ3) is 4.61. The molecule has 5 heteroatoms. The van der Waals surface area contributed by atoms with E-state index in [9.17, 15) is 4.79 Å². The smallest absolute Gasteiger partial charge is 0.239 e. The van der Waals surface area contributed by atoms with Gasteiger partial charge in [-0.3, -0.25) is 4.79 Å². The Balaban J connectivity index is 2.39. The van der Waals surface area contributed by atoms with Crippen LogP contribution in [-0.2, 0) is 14.3 Å². The van der Waals surface area contributed by atoms with E-state index in [0.29, 0.717) is 32.9 Å². The van der Waals surface area contributed by atoms with Gasteiger partial charge in [0.2, 0.25) is 5.91 Å². The van der Waals surface area contributed by atoms with Gasteiger partial charge in [-0.1, -0.05) is 6.92 Å². The van der Waals surface area contributed by atoms with Crippen LogP contribution in [0, 0.1) is 0 Å². The maximum absolute atomic E-state index is 12.1. The van der Waals surface area contributed by atoms with Crippen molar-refractivity contribution in [1.82, 2.24) is 10.2 Å². The lowest BCUT2D eigenvalue weighted by Gasteiger charge is -2.31. The summed E-state index contributed by atoms with van der Waals surface area (Å²) >= 11 is 0. The molecular formula is C12H24N2O3. The summed E-state index contributed by atoms with van der Waals surface area (Å²) in [6.45, 7) is 7.33. The number of morpholine rings is 1. The first kappa shape index (κ1) is 14.4. The Bertz CT molecular complexity index is 230. The molecule has 1 saturated heterocycles. The fourth-order valence-corrected chi connectivity index (χ4v) is 1.97. The standard InChI is InChI=1S/C12H24N2O3/c1-4-11(9-16-3)13-10(2)12(15)14-5-7-17-8-6-14/h10-11,13H,4-9H2,1-3H3. The highest BCUT2D eigenvalue weighted by Gasteiger charge is 2.23. The molecule has 0 spiro atoms. The minimum Gasteiger partial charge on any atom is -0.383 e. The predicted molar refractivity (Wildman–Crippen MR) is 66.0 cm³/mol. The second-order valence-electron chi connectivity index (χ2n) is 4.39. The highest BCUT2D eigenvalue weighted by atomic mass is 16.5. The van der Waals surface area contributed by atoms with Crippen LogP contribution in [0.25, 0.3) is 0 Å². The summed E-state index contributed by atoms with van der Waals surface area (Å²) in [5.74, 6) is 0.155. The Hall–Kier alpha value is -0.650. The summed E-state index contributed by atoms with van der Waals surface area (Å²) in [7, 11) is 1.68. The van der Waals surface area contributed by atoms with E-state index in [1.165, 1.54) is 0 Å². The second-order valence-corrected chi connectivity index (χ2v) is 4.39. The lowest BCUT2D eigenvalue weighted by molar-refractivity contribution is -0.137.